The second-order valence-electron chi connectivity index (χ2n) is 7.11. The van der Waals surface area contributed by atoms with Crippen molar-refractivity contribution in [2.75, 3.05) is 43.4 Å². The maximum absolute atomic E-state index is 12.6. The molecule has 28 heavy (non-hydrogen) atoms. The molecule has 2 aliphatic rings. The second-order valence-corrected chi connectivity index (χ2v) is 7.11. The molecule has 0 saturated carbocycles. The van der Waals surface area contributed by atoms with Gasteiger partial charge in [-0.1, -0.05) is 0 Å². The van der Waals surface area contributed by atoms with Crippen LogP contribution in [0, 0.1) is 0 Å². The normalized spacial score (nSPS) is 19.9. The molecule has 8 heteroatoms. The number of rotatable bonds is 3. The highest BCUT2D eigenvalue weighted by molar-refractivity contribution is 6.00. The van der Waals surface area contributed by atoms with E-state index in [0.717, 1.165) is 25.4 Å². The summed E-state index contributed by atoms with van der Waals surface area (Å²) in [7, 11) is 1.71. The van der Waals surface area contributed by atoms with Gasteiger partial charge in [0.05, 0.1) is 18.5 Å². The molecule has 3 heterocycles. The molecule has 1 aromatic heterocycles. The van der Waals surface area contributed by atoms with Crippen molar-refractivity contribution < 1.29 is 18.7 Å². The monoisotopic (exact) mass is 384 g/mol. The fourth-order valence-electron chi connectivity index (χ4n) is 3.52. The SMILES string of the molecule is C[C@H]1Oc2ccc(NC(=O)N3CCN(Cc4ccco4)CC3)cc2N(C)C1=O. The summed E-state index contributed by atoms with van der Waals surface area (Å²) in [5, 5.41) is 2.93. The highest BCUT2D eigenvalue weighted by atomic mass is 16.5. The molecule has 1 saturated heterocycles. The predicted octanol–water partition coefficient (Wildman–Crippen LogP) is 2.37. The lowest BCUT2D eigenvalue weighted by Crippen LogP contribution is -2.49. The van der Waals surface area contributed by atoms with Gasteiger partial charge in [0.1, 0.15) is 11.5 Å². The summed E-state index contributed by atoms with van der Waals surface area (Å²) in [5.41, 5.74) is 1.30. The van der Waals surface area contributed by atoms with Gasteiger partial charge in [-0.05, 0) is 37.3 Å². The average Bonchev–Trinajstić information content (AvgIpc) is 3.20. The van der Waals surface area contributed by atoms with Gasteiger partial charge < -0.3 is 24.3 Å². The minimum atomic E-state index is -0.504. The molecule has 0 aliphatic carbocycles. The molecular formula is C20H24N4O4. The number of amides is 3. The maximum Gasteiger partial charge on any atom is 0.321 e. The zero-order valence-corrected chi connectivity index (χ0v) is 16.1. The predicted molar refractivity (Wildman–Crippen MR) is 105 cm³/mol. The van der Waals surface area contributed by atoms with Crippen LogP contribution >= 0.6 is 0 Å². The number of nitrogens with zero attached hydrogens (tertiary/aromatic N) is 3. The summed E-state index contributed by atoms with van der Waals surface area (Å²) in [6, 6.07) is 9.04. The zero-order valence-electron chi connectivity index (χ0n) is 16.1. The van der Waals surface area contributed by atoms with Crippen molar-refractivity contribution in [2.45, 2.75) is 19.6 Å². The highest BCUT2D eigenvalue weighted by Crippen LogP contribution is 2.35. The third-order valence-electron chi connectivity index (χ3n) is 5.17. The molecule has 0 bridgehead atoms. The van der Waals surface area contributed by atoms with Crippen molar-refractivity contribution >= 4 is 23.3 Å². The number of nitrogens with one attached hydrogen (secondary N) is 1. The van der Waals surface area contributed by atoms with Crippen LogP contribution < -0.4 is 15.0 Å². The van der Waals surface area contributed by atoms with Crippen LogP contribution in [0.1, 0.15) is 12.7 Å². The molecule has 148 valence electrons. The first kappa shape index (κ1) is 18.4. The summed E-state index contributed by atoms with van der Waals surface area (Å²) in [6.07, 6.45) is 1.17. The van der Waals surface area contributed by atoms with E-state index >= 15 is 0 Å². The fourth-order valence-corrected chi connectivity index (χ4v) is 3.52. The van der Waals surface area contributed by atoms with E-state index in [-0.39, 0.29) is 11.9 Å². The summed E-state index contributed by atoms with van der Waals surface area (Å²) in [5.74, 6) is 1.46. The van der Waals surface area contributed by atoms with Crippen LogP contribution in [0.5, 0.6) is 5.75 Å². The number of fused-ring (bicyclic) bond motifs is 1. The van der Waals surface area contributed by atoms with E-state index in [2.05, 4.69) is 10.2 Å². The van der Waals surface area contributed by atoms with E-state index in [9.17, 15) is 9.59 Å². The number of carbonyl (C=O) groups excluding carboxylic acids is 2. The van der Waals surface area contributed by atoms with Crippen molar-refractivity contribution in [1.29, 1.82) is 0 Å². The first-order chi connectivity index (χ1) is 13.5. The summed E-state index contributed by atoms with van der Waals surface area (Å²) >= 11 is 0. The first-order valence-electron chi connectivity index (χ1n) is 9.40. The Balaban J connectivity index is 1.35. The Hall–Kier alpha value is -3.00. The summed E-state index contributed by atoms with van der Waals surface area (Å²) in [6.45, 7) is 5.37. The lowest BCUT2D eigenvalue weighted by molar-refractivity contribution is -0.125. The molecule has 2 aromatic rings. The largest absolute Gasteiger partial charge is 0.479 e. The highest BCUT2D eigenvalue weighted by Gasteiger charge is 2.29. The van der Waals surface area contributed by atoms with Gasteiger partial charge in [-0.2, -0.15) is 0 Å². The van der Waals surface area contributed by atoms with Gasteiger partial charge in [-0.15, -0.1) is 0 Å². The maximum atomic E-state index is 12.6. The average molecular weight is 384 g/mol. The van der Waals surface area contributed by atoms with E-state index in [1.807, 2.05) is 12.1 Å². The number of urea groups is 1. The Labute approximate surface area is 163 Å². The molecule has 0 unspecified atom stereocenters. The van der Waals surface area contributed by atoms with E-state index in [0.29, 0.717) is 30.2 Å². The number of ether oxygens (including phenoxy) is 1. The molecule has 4 rings (SSSR count). The molecule has 0 radical (unpaired) electrons. The minimum absolute atomic E-state index is 0.108. The second kappa shape index (κ2) is 7.55. The number of carbonyl (C=O) groups is 2. The van der Waals surface area contributed by atoms with E-state index < -0.39 is 6.10 Å². The lowest BCUT2D eigenvalue weighted by Gasteiger charge is -2.34. The Morgan fingerprint density at radius 3 is 2.71 bits per heavy atom. The number of anilines is 2. The molecule has 1 N–H and O–H groups in total. The smallest absolute Gasteiger partial charge is 0.321 e. The van der Waals surface area contributed by atoms with E-state index in [4.69, 9.17) is 9.15 Å². The van der Waals surface area contributed by atoms with Crippen LogP contribution in [0.4, 0.5) is 16.2 Å². The molecule has 3 amide bonds. The Kier molecular flexibility index (Phi) is 4.95. The Bertz CT molecular complexity index is 859. The molecule has 0 spiro atoms. The van der Waals surface area contributed by atoms with Crippen molar-refractivity contribution in [3.8, 4) is 5.75 Å². The van der Waals surface area contributed by atoms with Gasteiger partial charge in [-0.25, -0.2) is 4.79 Å². The topological polar surface area (TPSA) is 78.3 Å². The molecule has 1 atom stereocenters. The third-order valence-corrected chi connectivity index (χ3v) is 5.17. The van der Waals surface area contributed by atoms with Crippen LogP contribution in [0.3, 0.4) is 0 Å². The number of piperazine rings is 1. The molecule has 2 aliphatic heterocycles. The molecule has 8 nitrogen and oxygen atoms in total. The van der Waals surface area contributed by atoms with Gasteiger partial charge in [-0.3, -0.25) is 9.69 Å². The molecular weight excluding hydrogens is 360 g/mol. The van der Waals surface area contributed by atoms with E-state index in [1.165, 1.54) is 0 Å². The van der Waals surface area contributed by atoms with Gasteiger partial charge in [0.15, 0.2) is 6.10 Å². The van der Waals surface area contributed by atoms with Crippen LogP contribution in [-0.4, -0.2) is 61.1 Å². The van der Waals surface area contributed by atoms with Crippen LogP contribution in [0.25, 0.3) is 0 Å². The molecule has 1 fully saturated rings. The number of furan rings is 1. The number of likely N-dealkylation sites (N-methyl/N-ethyl adjacent to an activating group) is 1. The zero-order chi connectivity index (χ0) is 19.7. The van der Waals surface area contributed by atoms with Gasteiger partial charge in [0, 0.05) is 38.9 Å². The van der Waals surface area contributed by atoms with Crippen molar-refractivity contribution in [1.82, 2.24) is 9.80 Å². The summed E-state index contributed by atoms with van der Waals surface area (Å²) < 4.78 is 11.0. The van der Waals surface area contributed by atoms with Crippen molar-refractivity contribution in [3.05, 3.63) is 42.4 Å². The van der Waals surface area contributed by atoms with Gasteiger partial charge >= 0.3 is 6.03 Å². The van der Waals surface area contributed by atoms with Crippen molar-refractivity contribution in [2.24, 2.45) is 0 Å². The van der Waals surface area contributed by atoms with Crippen LogP contribution in [-0.2, 0) is 11.3 Å². The number of hydrogen-bond donors (Lipinski definition) is 1. The summed E-state index contributed by atoms with van der Waals surface area (Å²) in [4.78, 5) is 30.4. The van der Waals surface area contributed by atoms with Crippen LogP contribution in [0.2, 0.25) is 0 Å². The van der Waals surface area contributed by atoms with Gasteiger partial charge in [0.25, 0.3) is 5.91 Å². The number of benzene rings is 1. The van der Waals surface area contributed by atoms with Gasteiger partial charge in [0.2, 0.25) is 0 Å². The lowest BCUT2D eigenvalue weighted by atomic mass is 10.2. The van der Waals surface area contributed by atoms with Crippen molar-refractivity contribution in [3.63, 3.8) is 0 Å². The first-order valence-corrected chi connectivity index (χ1v) is 9.40. The Morgan fingerprint density at radius 1 is 1.21 bits per heavy atom. The fraction of sp³-hybridized carbons (Fsp3) is 0.400. The quantitative estimate of drug-likeness (QED) is 0.879. The minimum Gasteiger partial charge on any atom is -0.479 e. The Morgan fingerprint density at radius 2 is 2.00 bits per heavy atom. The third kappa shape index (κ3) is 3.68. The standard InChI is InChI=1S/C20H24N4O4/c1-14-19(25)22(2)17-12-15(5-6-18(17)28-14)21-20(26)24-9-7-23(8-10-24)13-16-4-3-11-27-16/h3-6,11-12,14H,7-10,13H2,1-2H3,(H,21,26)/t14-/m1/s1. The van der Waals surface area contributed by atoms with E-state index in [1.54, 1.807) is 48.2 Å². The molecule has 1 aromatic carbocycles. The van der Waals surface area contributed by atoms with Crippen LogP contribution in [0.15, 0.2) is 41.0 Å². The number of hydrogen-bond acceptors (Lipinski definition) is 5.